The largest absolute Gasteiger partial charge is 0.748 e. The first-order valence-corrected chi connectivity index (χ1v) is 5.32. The number of hydrogen-bond acceptors (Lipinski definition) is 4. The first-order valence-electron chi connectivity index (χ1n) is 3.75. The molecule has 0 aliphatic heterocycles. The Balaban J connectivity index is 2.04. The van der Waals surface area contributed by atoms with Crippen molar-refractivity contribution in [3.63, 3.8) is 0 Å². The minimum atomic E-state index is -4.02. The van der Waals surface area contributed by atoms with Crippen molar-refractivity contribution in [2.45, 2.75) is 25.3 Å². The summed E-state index contributed by atoms with van der Waals surface area (Å²) in [6.07, 6.45) is 3.43. The van der Waals surface area contributed by atoms with E-state index in [2.05, 4.69) is 5.32 Å². The zero-order chi connectivity index (χ0) is 8.32. The summed E-state index contributed by atoms with van der Waals surface area (Å²) in [5.41, 5.74) is 0. The second kappa shape index (κ2) is 3.51. The van der Waals surface area contributed by atoms with Gasteiger partial charge in [-0.05, 0) is 12.8 Å². The lowest BCUT2D eigenvalue weighted by molar-refractivity contribution is 0.345. The normalized spacial score (nSPS) is 19.7. The summed E-state index contributed by atoms with van der Waals surface area (Å²) < 4.78 is 30.4. The third kappa shape index (κ3) is 3.69. The van der Waals surface area contributed by atoms with Gasteiger partial charge in [-0.15, -0.1) is 0 Å². The molecule has 0 aromatic heterocycles. The van der Waals surface area contributed by atoms with Crippen molar-refractivity contribution in [2.75, 3.05) is 12.3 Å². The molecule has 4 nitrogen and oxygen atoms in total. The number of rotatable bonds is 4. The maximum absolute atomic E-state index is 10.1. The van der Waals surface area contributed by atoms with Crippen molar-refractivity contribution < 1.29 is 13.0 Å². The summed E-state index contributed by atoms with van der Waals surface area (Å²) in [6, 6.07) is 0.455. The van der Waals surface area contributed by atoms with E-state index in [0.717, 1.165) is 12.8 Å². The molecule has 11 heavy (non-hydrogen) atoms. The molecule has 0 bridgehead atoms. The molecule has 0 saturated heterocycles. The molecule has 1 rings (SSSR count). The molecule has 0 heterocycles. The molecule has 66 valence electrons. The van der Waals surface area contributed by atoms with E-state index in [9.17, 15) is 13.0 Å². The monoisotopic (exact) mass is 178 g/mol. The summed E-state index contributed by atoms with van der Waals surface area (Å²) >= 11 is 0. The molecule has 0 unspecified atom stereocenters. The molecule has 0 aromatic rings. The van der Waals surface area contributed by atoms with Gasteiger partial charge in [-0.3, -0.25) is 0 Å². The molecular weight excluding hydrogens is 166 g/mol. The quantitative estimate of drug-likeness (QED) is 0.599. The van der Waals surface area contributed by atoms with E-state index < -0.39 is 10.1 Å². The van der Waals surface area contributed by atoms with Crippen LogP contribution in [-0.2, 0) is 10.1 Å². The fraction of sp³-hybridized carbons (Fsp3) is 1.00. The average molecular weight is 178 g/mol. The summed E-state index contributed by atoms with van der Waals surface area (Å²) in [7, 11) is -4.02. The van der Waals surface area contributed by atoms with Crippen LogP contribution in [-0.4, -0.2) is 31.3 Å². The molecule has 1 saturated carbocycles. The van der Waals surface area contributed by atoms with Crippen LogP contribution in [0.1, 0.15) is 19.3 Å². The molecule has 0 atom stereocenters. The Bertz CT molecular complexity index is 208. The zero-order valence-electron chi connectivity index (χ0n) is 6.25. The second-order valence-corrected chi connectivity index (χ2v) is 4.37. The van der Waals surface area contributed by atoms with E-state index >= 15 is 0 Å². The molecule has 5 heteroatoms. The maximum atomic E-state index is 10.1. The van der Waals surface area contributed by atoms with Crippen LogP contribution in [0.2, 0.25) is 0 Å². The first-order chi connectivity index (χ1) is 5.08. The Labute approximate surface area is 66.7 Å². The van der Waals surface area contributed by atoms with E-state index in [1.165, 1.54) is 6.42 Å². The molecule has 1 aliphatic rings. The van der Waals surface area contributed by atoms with Crippen molar-refractivity contribution in [2.24, 2.45) is 0 Å². The Morgan fingerprint density at radius 1 is 1.45 bits per heavy atom. The SMILES string of the molecule is O=S(=O)([O-])CCNC1CCC1. The van der Waals surface area contributed by atoms with Gasteiger partial charge in [-0.25, -0.2) is 8.42 Å². The minimum absolute atomic E-state index is 0.288. The van der Waals surface area contributed by atoms with Crippen LogP contribution in [0.15, 0.2) is 0 Å². The Morgan fingerprint density at radius 2 is 2.09 bits per heavy atom. The zero-order valence-corrected chi connectivity index (χ0v) is 7.06. The van der Waals surface area contributed by atoms with E-state index in [1.807, 2.05) is 0 Å². The van der Waals surface area contributed by atoms with Crippen LogP contribution >= 0.6 is 0 Å². The molecule has 0 amide bonds. The molecule has 0 spiro atoms. The van der Waals surface area contributed by atoms with Crippen LogP contribution < -0.4 is 5.32 Å². The van der Waals surface area contributed by atoms with Gasteiger partial charge in [0.1, 0.15) is 0 Å². The van der Waals surface area contributed by atoms with Gasteiger partial charge in [-0.2, -0.15) is 0 Å². The fourth-order valence-electron chi connectivity index (χ4n) is 1.00. The predicted octanol–water partition coefficient (Wildman–Crippen LogP) is -0.326. The highest BCUT2D eigenvalue weighted by Gasteiger charge is 2.15. The summed E-state index contributed by atoms with van der Waals surface area (Å²) in [5.74, 6) is -0.288. The molecule has 1 fully saturated rings. The van der Waals surface area contributed by atoms with Gasteiger partial charge in [0.2, 0.25) is 0 Å². The van der Waals surface area contributed by atoms with Crippen LogP contribution in [0.5, 0.6) is 0 Å². The summed E-state index contributed by atoms with van der Waals surface area (Å²) in [6.45, 7) is 0.302. The van der Waals surface area contributed by atoms with Crippen molar-refractivity contribution in [3.8, 4) is 0 Å². The lowest BCUT2D eigenvalue weighted by Gasteiger charge is -2.26. The van der Waals surface area contributed by atoms with Gasteiger partial charge >= 0.3 is 0 Å². The molecule has 1 aliphatic carbocycles. The minimum Gasteiger partial charge on any atom is -0.748 e. The standard InChI is InChI=1S/C6H13NO3S/c8-11(9,10)5-4-7-6-2-1-3-6/h6-7H,1-5H2,(H,8,9,10)/p-1. The van der Waals surface area contributed by atoms with Crippen molar-refractivity contribution in [1.29, 1.82) is 0 Å². The fourth-order valence-corrected chi connectivity index (χ4v) is 1.37. The number of nitrogens with one attached hydrogen (secondary N) is 1. The van der Waals surface area contributed by atoms with Crippen molar-refractivity contribution in [3.05, 3.63) is 0 Å². The highest BCUT2D eigenvalue weighted by Crippen LogP contribution is 2.17. The molecule has 1 N–H and O–H groups in total. The van der Waals surface area contributed by atoms with Gasteiger partial charge in [0.25, 0.3) is 0 Å². The molecule has 0 aromatic carbocycles. The molecular formula is C6H12NO3S-. The maximum Gasteiger partial charge on any atom is 0.0958 e. The summed E-state index contributed by atoms with van der Waals surface area (Å²) in [5, 5.41) is 3.00. The Morgan fingerprint density at radius 3 is 2.45 bits per heavy atom. The lowest BCUT2D eigenvalue weighted by atomic mass is 9.93. The van der Waals surface area contributed by atoms with E-state index in [-0.39, 0.29) is 5.75 Å². The third-order valence-electron chi connectivity index (χ3n) is 1.89. The smallest absolute Gasteiger partial charge is 0.0958 e. The highest BCUT2D eigenvalue weighted by molar-refractivity contribution is 7.85. The van der Waals surface area contributed by atoms with Crippen LogP contribution in [0.4, 0.5) is 0 Å². The second-order valence-electron chi connectivity index (χ2n) is 2.84. The van der Waals surface area contributed by atoms with E-state index in [0.29, 0.717) is 12.6 Å². The average Bonchev–Trinajstić information content (AvgIpc) is 1.73. The van der Waals surface area contributed by atoms with E-state index in [1.54, 1.807) is 0 Å². The van der Waals surface area contributed by atoms with Gasteiger partial charge in [-0.1, -0.05) is 6.42 Å². The van der Waals surface area contributed by atoms with Crippen molar-refractivity contribution >= 4 is 10.1 Å². The number of hydrogen-bond donors (Lipinski definition) is 1. The van der Waals surface area contributed by atoms with E-state index in [4.69, 9.17) is 0 Å². The van der Waals surface area contributed by atoms with Crippen LogP contribution in [0.25, 0.3) is 0 Å². The molecule has 0 radical (unpaired) electrons. The Kier molecular flexibility index (Phi) is 2.86. The van der Waals surface area contributed by atoms with Gasteiger partial charge in [0.15, 0.2) is 0 Å². The third-order valence-corrected chi connectivity index (χ3v) is 2.59. The Hall–Kier alpha value is -0.130. The topological polar surface area (TPSA) is 69.2 Å². The summed E-state index contributed by atoms with van der Waals surface area (Å²) in [4.78, 5) is 0. The van der Waals surface area contributed by atoms with Gasteiger partial charge in [0.05, 0.1) is 15.9 Å². The van der Waals surface area contributed by atoms with Crippen LogP contribution in [0.3, 0.4) is 0 Å². The van der Waals surface area contributed by atoms with Crippen LogP contribution in [0, 0.1) is 0 Å². The van der Waals surface area contributed by atoms with Gasteiger partial charge in [0, 0.05) is 12.6 Å². The lowest BCUT2D eigenvalue weighted by Crippen LogP contribution is -2.37. The highest BCUT2D eigenvalue weighted by atomic mass is 32.2. The van der Waals surface area contributed by atoms with Gasteiger partial charge < -0.3 is 9.87 Å². The van der Waals surface area contributed by atoms with Crippen molar-refractivity contribution in [1.82, 2.24) is 5.32 Å². The first kappa shape index (κ1) is 8.96. The predicted molar refractivity (Wildman–Crippen MR) is 40.2 cm³/mol.